The highest BCUT2D eigenvalue weighted by molar-refractivity contribution is 7.92. The largest absolute Gasteiger partial charge is 0.444 e. The third-order valence-electron chi connectivity index (χ3n) is 7.64. The highest BCUT2D eigenvalue weighted by Crippen LogP contribution is 2.49. The van der Waals surface area contributed by atoms with E-state index in [0.29, 0.717) is 49.3 Å². The van der Waals surface area contributed by atoms with E-state index in [2.05, 4.69) is 15.1 Å². The summed E-state index contributed by atoms with van der Waals surface area (Å²) in [5, 5.41) is 9.56. The predicted octanol–water partition coefficient (Wildman–Crippen LogP) is 4.60. The SMILES string of the molecule is CC(C)(C)OC(=O)N1Cc2cc(Cl)ccc2-n2c(nnc2N2CCC3(CC2)c2ccccc2CS3(=O)=O)C1. The summed E-state index contributed by atoms with van der Waals surface area (Å²) in [6.07, 6.45) is 0.518. The molecule has 3 aliphatic rings. The number of hydrogen-bond acceptors (Lipinski definition) is 7. The van der Waals surface area contributed by atoms with Crippen LogP contribution in [0, 0.1) is 0 Å². The number of aromatic nitrogens is 3. The molecule has 1 fully saturated rings. The predicted molar refractivity (Wildman–Crippen MR) is 144 cm³/mol. The molecule has 11 heteroatoms. The second-order valence-corrected chi connectivity index (χ2v) is 14.0. The van der Waals surface area contributed by atoms with Gasteiger partial charge in [0.15, 0.2) is 15.7 Å². The fourth-order valence-electron chi connectivity index (χ4n) is 5.90. The average molecular weight is 556 g/mol. The van der Waals surface area contributed by atoms with Crippen LogP contribution in [0.15, 0.2) is 42.5 Å². The number of sulfone groups is 1. The van der Waals surface area contributed by atoms with Crippen LogP contribution in [0.5, 0.6) is 0 Å². The van der Waals surface area contributed by atoms with Gasteiger partial charge in [-0.25, -0.2) is 13.2 Å². The first-order chi connectivity index (χ1) is 18.0. The fraction of sp³-hybridized carbons (Fsp3) is 0.444. The number of halogens is 1. The van der Waals surface area contributed by atoms with Crippen molar-refractivity contribution in [1.82, 2.24) is 19.7 Å². The van der Waals surface area contributed by atoms with Crippen LogP contribution in [-0.4, -0.2) is 52.9 Å². The van der Waals surface area contributed by atoms with Gasteiger partial charge in [0.1, 0.15) is 10.3 Å². The van der Waals surface area contributed by atoms with E-state index < -0.39 is 26.3 Å². The normalized spacial score (nSPS) is 19.5. The average Bonchev–Trinajstić information content (AvgIpc) is 3.29. The summed E-state index contributed by atoms with van der Waals surface area (Å²) in [5.74, 6) is 1.33. The molecule has 9 nitrogen and oxygen atoms in total. The highest BCUT2D eigenvalue weighted by Gasteiger charge is 2.53. The molecular formula is C27H30ClN5O4S. The number of carbonyl (C=O) groups excluding carboxylic acids is 1. The van der Waals surface area contributed by atoms with Gasteiger partial charge in [-0.05, 0) is 68.5 Å². The number of rotatable bonds is 1. The molecule has 0 N–H and O–H groups in total. The molecule has 0 saturated carbocycles. The lowest BCUT2D eigenvalue weighted by molar-refractivity contribution is 0.0214. The zero-order valence-corrected chi connectivity index (χ0v) is 23.2. The molecule has 0 unspecified atom stereocenters. The Morgan fingerprint density at radius 1 is 1.03 bits per heavy atom. The Balaban J connectivity index is 1.34. The zero-order chi connectivity index (χ0) is 26.9. The first-order valence-corrected chi connectivity index (χ1v) is 14.8. The van der Waals surface area contributed by atoms with E-state index in [1.165, 1.54) is 0 Å². The first-order valence-electron chi connectivity index (χ1n) is 12.7. The number of amides is 1. The van der Waals surface area contributed by atoms with Crippen molar-refractivity contribution >= 4 is 33.5 Å². The molecule has 38 heavy (non-hydrogen) atoms. The van der Waals surface area contributed by atoms with Crippen molar-refractivity contribution in [3.63, 3.8) is 0 Å². The summed E-state index contributed by atoms with van der Waals surface area (Å²) in [5.41, 5.74) is 2.90. The van der Waals surface area contributed by atoms with E-state index in [1.807, 2.05) is 67.8 Å². The van der Waals surface area contributed by atoms with Gasteiger partial charge >= 0.3 is 6.09 Å². The van der Waals surface area contributed by atoms with Crippen LogP contribution in [-0.2, 0) is 38.2 Å². The van der Waals surface area contributed by atoms with Gasteiger partial charge < -0.3 is 9.64 Å². The van der Waals surface area contributed by atoms with Gasteiger partial charge in [-0.2, -0.15) is 0 Å². The maximum Gasteiger partial charge on any atom is 0.411 e. The van der Waals surface area contributed by atoms with Crippen LogP contribution in [0.2, 0.25) is 5.02 Å². The number of piperidine rings is 1. The van der Waals surface area contributed by atoms with Crippen LogP contribution >= 0.6 is 11.6 Å². The lowest BCUT2D eigenvalue weighted by Gasteiger charge is -2.39. The van der Waals surface area contributed by atoms with Crippen molar-refractivity contribution in [1.29, 1.82) is 0 Å². The second kappa shape index (κ2) is 8.71. The molecule has 200 valence electrons. The van der Waals surface area contributed by atoms with Crippen molar-refractivity contribution in [2.75, 3.05) is 18.0 Å². The Labute approximate surface area is 227 Å². The molecular weight excluding hydrogens is 526 g/mol. The number of hydrogen-bond donors (Lipinski definition) is 0. The molecule has 0 aliphatic carbocycles. The van der Waals surface area contributed by atoms with E-state index in [-0.39, 0.29) is 12.3 Å². The molecule has 1 spiro atoms. The number of carbonyl (C=O) groups is 1. The van der Waals surface area contributed by atoms with Gasteiger partial charge in [-0.3, -0.25) is 9.47 Å². The maximum atomic E-state index is 13.3. The standard InChI is InChI=1S/C27H30ClN5O4S/c1-26(2,3)37-25(34)32-15-19-14-20(28)8-9-22(19)33-23(16-32)29-30-24(33)31-12-10-27(11-13-31)21-7-5-4-6-18(21)17-38(27,35)36/h4-9,14H,10-13,15-17H2,1-3H3. The molecule has 6 rings (SSSR count). The molecule has 4 heterocycles. The third kappa shape index (κ3) is 4.05. The summed E-state index contributed by atoms with van der Waals surface area (Å²) >= 11 is 6.35. The van der Waals surface area contributed by atoms with Crippen LogP contribution in [0.1, 0.15) is 56.1 Å². The molecule has 1 aromatic heterocycles. The van der Waals surface area contributed by atoms with Gasteiger partial charge in [0.2, 0.25) is 5.95 Å². The number of anilines is 1. The monoisotopic (exact) mass is 555 g/mol. The molecule has 3 aromatic rings. The Hall–Kier alpha value is -3.11. The van der Waals surface area contributed by atoms with Crippen LogP contribution < -0.4 is 4.90 Å². The molecule has 2 aromatic carbocycles. The van der Waals surface area contributed by atoms with Crippen molar-refractivity contribution < 1.29 is 17.9 Å². The summed E-state index contributed by atoms with van der Waals surface area (Å²) in [4.78, 5) is 16.7. The third-order valence-corrected chi connectivity index (χ3v) is 10.4. The van der Waals surface area contributed by atoms with Gasteiger partial charge in [0, 0.05) is 18.1 Å². The molecule has 1 saturated heterocycles. The minimum absolute atomic E-state index is 0.0954. The van der Waals surface area contributed by atoms with E-state index in [9.17, 15) is 13.2 Å². The van der Waals surface area contributed by atoms with E-state index in [0.717, 1.165) is 22.4 Å². The van der Waals surface area contributed by atoms with Crippen LogP contribution in [0.25, 0.3) is 5.69 Å². The molecule has 1 amide bonds. The topological polar surface area (TPSA) is 97.6 Å². The molecule has 0 atom stereocenters. The van der Waals surface area contributed by atoms with Crippen LogP contribution in [0.3, 0.4) is 0 Å². The number of benzene rings is 2. The Morgan fingerprint density at radius 2 is 1.76 bits per heavy atom. The highest BCUT2D eigenvalue weighted by atomic mass is 35.5. The van der Waals surface area contributed by atoms with E-state index >= 15 is 0 Å². The summed E-state index contributed by atoms with van der Waals surface area (Å²) in [7, 11) is -3.31. The van der Waals surface area contributed by atoms with Crippen molar-refractivity contribution in [2.45, 2.75) is 62.8 Å². The summed E-state index contributed by atoms with van der Waals surface area (Å²) in [6.45, 7) is 7.06. The Bertz CT molecular complexity index is 1540. The molecule has 0 radical (unpaired) electrons. The number of ether oxygens (including phenoxy) is 1. The minimum atomic E-state index is -3.31. The summed E-state index contributed by atoms with van der Waals surface area (Å²) in [6, 6.07) is 13.3. The van der Waals surface area contributed by atoms with Gasteiger partial charge in [0.25, 0.3) is 0 Å². The molecule has 0 bridgehead atoms. The Kier molecular flexibility index (Phi) is 5.77. The minimum Gasteiger partial charge on any atom is -0.444 e. The quantitative estimate of drug-likeness (QED) is 0.433. The molecule has 3 aliphatic heterocycles. The van der Waals surface area contributed by atoms with E-state index in [4.69, 9.17) is 16.3 Å². The fourth-order valence-corrected chi connectivity index (χ4v) is 8.37. The number of nitrogens with zero attached hydrogens (tertiary/aromatic N) is 5. The van der Waals surface area contributed by atoms with Gasteiger partial charge in [0.05, 0.1) is 24.5 Å². The second-order valence-electron chi connectivity index (χ2n) is 11.3. The van der Waals surface area contributed by atoms with Gasteiger partial charge in [-0.15, -0.1) is 10.2 Å². The van der Waals surface area contributed by atoms with Gasteiger partial charge in [-0.1, -0.05) is 35.9 Å². The number of fused-ring (bicyclic) bond motifs is 5. The lowest BCUT2D eigenvalue weighted by Crippen LogP contribution is -2.46. The maximum absolute atomic E-state index is 13.3. The van der Waals surface area contributed by atoms with E-state index in [1.54, 1.807) is 4.90 Å². The zero-order valence-electron chi connectivity index (χ0n) is 21.6. The van der Waals surface area contributed by atoms with Crippen LogP contribution in [0.4, 0.5) is 10.7 Å². The summed E-state index contributed by atoms with van der Waals surface area (Å²) < 4.78 is 33.4. The Morgan fingerprint density at radius 3 is 2.50 bits per heavy atom. The lowest BCUT2D eigenvalue weighted by atomic mass is 9.86. The smallest absolute Gasteiger partial charge is 0.411 e. The van der Waals surface area contributed by atoms with Crippen molar-refractivity contribution in [2.24, 2.45) is 0 Å². The first kappa shape index (κ1) is 25.2. The van der Waals surface area contributed by atoms with Crippen molar-refractivity contribution in [3.8, 4) is 5.69 Å². The van der Waals surface area contributed by atoms with Crippen molar-refractivity contribution in [3.05, 3.63) is 70.0 Å².